The fourth-order valence-electron chi connectivity index (χ4n) is 2.96. The minimum absolute atomic E-state index is 0.108. The second kappa shape index (κ2) is 12.1. The Labute approximate surface area is 198 Å². The monoisotopic (exact) mass is 461 g/mol. The van der Waals surface area contributed by atoms with Gasteiger partial charge in [-0.1, -0.05) is 35.5 Å². The van der Waals surface area contributed by atoms with E-state index in [1.807, 2.05) is 36.4 Å². The lowest BCUT2D eigenvalue weighted by molar-refractivity contribution is -0.120. The van der Waals surface area contributed by atoms with Gasteiger partial charge in [0.2, 0.25) is 0 Å². The Morgan fingerprint density at radius 1 is 0.971 bits per heavy atom. The lowest BCUT2D eigenvalue weighted by Crippen LogP contribution is -2.21. The first-order valence-electron chi connectivity index (χ1n) is 10.6. The fraction of sp³-hybridized carbons (Fsp3) is 0.192. The van der Waals surface area contributed by atoms with Crippen molar-refractivity contribution in [3.8, 4) is 11.5 Å². The predicted octanol–water partition coefficient (Wildman–Crippen LogP) is 3.97. The summed E-state index contributed by atoms with van der Waals surface area (Å²) in [6.07, 6.45) is 1.48. The van der Waals surface area contributed by atoms with E-state index >= 15 is 0 Å². The van der Waals surface area contributed by atoms with Crippen molar-refractivity contribution in [1.29, 1.82) is 0 Å². The van der Waals surface area contributed by atoms with Crippen LogP contribution in [0, 0.1) is 0 Å². The zero-order valence-electron chi connectivity index (χ0n) is 19.4. The van der Waals surface area contributed by atoms with Crippen LogP contribution in [0.3, 0.4) is 0 Å². The van der Waals surface area contributed by atoms with Gasteiger partial charge in [0.15, 0.2) is 18.1 Å². The molecule has 0 saturated carbocycles. The second-order valence-corrected chi connectivity index (χ2v) is 7.52. The number of benzene rings is 3. The molecule has 34 heavy (non-hydrogen) atoms. The van der Waals surface area contributed by atoms with Gasteiger partial charge in [0.25, 0.3) is 11.8 Å². The van der Waals surface area contributed by atoms with Crippen molar-refractivity contribution in [1.82, 2.24) is 4.90 Å². The number of nitrogens with one attached hydrogen (secondary N) is 1. The van der Waals surface area contributed by atoms with Gasteiger partial charge in [0.05, 0.1) is 13.3 Å². The molecule has 3 rings (SSSR count). The highest BCUT2D eigenvalue weighted by molar-refractivity contribution is 5.95. The Kier molecular flexibility index (Phi) is 8.62. The summed E-state index contributed by atoms with van der Waals surface area (Å²) < 4.78 is 11.2. The number of ether oxygens (including phenoxy) is 2. The highest BCUT2D eigenvalue weighted by Crippen LogP contribution is 2.28. The summed E-state index contributed by atoms with van der Waals surface area (Å²) in [5.41, 5.74) is 2.88. The number of anilines is 1. The summed E-state index contributed by atoms with van der Waals surface area (Å²) in [4.78, 5) is 30.6. The van der Waals surface area contributed by atoms with Gasteiger partial charge in [-0.3, -0.25) is 9.59 Å². The molecule has 2 amide bonds. The van der Waals surface area contributed by atoms with Crippen molar-refractivity contribution < 1.29 is 23.9 Å². The first-order valence-corrected chi connectivity index (χ1v) is 10.6. The maximum atomic E-state index is 12.1. The zero-order chi connectivity index (χ0) is 24.3. The summed E-state index contributed by atoms with van der Waals surface area (Å²) in [5.74, 6) is 0.699. The van der Waals surface area contributed by atoms with E-state index in [0.717, 1.165) is 11.1 Å². The van der Waals surface area contributed by atoms with E-state index in [2.05, 4.69) is 10.5 Å². The standard InChI is InChI=1S/C26H27N3O5/c1-29(2)26(31)21-10-12-22(13-11-21)28-25(30)18-34-27-16-20-9-14-23(24(15-20)32-3)33-17-19-7-5-4-6-8-19/h4-16H,17-18H2,1-3H3,(H,28,30)/b27-16+. The van der Waals surface area contributed by atoms with Crippen LogP contribution < -0.4 is 14.8 Å². The van der Waals surface area contributed by atoms with Crippen LogP contribution in [0.15, 0.2) is 78.0 Å². The van der Waals surface area contributed by atoms with Gasteiger partial charge < -0.3 is 24.5 Å². The quantitative estimate of drug-likeness (QED) is 0.365. The van der Waals surface area contributed by atoms with Gasteiger partial charge in [-0.25, -0.2) is 0 Å². The molecule has 0 atom stereocenters. The third-order valence-corrected chi connectivity index (χ3v) is 4.72. The number of carbonyl (C=O) groups is 2. The minimum Gasteiger partial charge on any atom is -0.493 e. The van der Waals surface area contributed by atoms with Gasteiger partial charge >= 0.3 is 0 Å². The Hall–Kier alpha value is -4.33. The highest BCUT2D eigenvalue weighted by Gasteiger charge is 2.09. The normalized spacial score (nSPS) is 10.6. The molecule has 0 fully saturated rings. The zero-order valence-corrected chi connectivity index (χ0v) is 19.4. The Bertz CT molecular complexity index is 1130. The van der Waals surface area contributed by atoms with Crippen LogP contribution in [-0.4, -0.2) is 50.7 Å². The lowest BCUT2D eigenvalue weighted by atomic mass is 10.2. The molecule has 0 aliphatic heterocycles. The van der Waals surface area contributed by atoms with Crippen molar-refractivity contribution in [2.24, 2.45) is 5.16 Å². The summed E-state index contributed by atoms with van der Waals surface area (Å²) in [6, 6.07) is 21.8. The number of amides is 2. The van der Waals surface area contributed by atoms with Crippen molar-refractivity contribution in [3.63, 3.8) is 0 Å². The van der Waals surface area contributed by atoms with Crippen molar-refractivity contribution >= 4 is 23.7 Å². The molecule has 3 aromatic rings. The number of nitrogens with zero attached hydrogens (tertiary/aromatic N) is 2. The topological polar surface area (TPSA) is 89.5 Å². The average molecular weight is 462 g/mol. The smallest absolute Gasteiger partial charge is 0.265 e. The number of methoxy groups -OCH3 is 1. The summed E-state index contributed by atoms with van der Waals surface area (Å²) in [6.45, 7) is 0.168. The van der Waals surface area contributed by atoms with E-state index in [1.165, 1.54) is 11.1 Å². The molecule has 0 aliphatic carbocycles. The van der Waals surface area contributed by atoms with Crippen LogP contribution >= 0.6 is 0 Å². The fourth-order valence-corrected chi connectivity index (χ4v) is 2.96. The van der Waals surface area contributed by atoms with E-state index < -0.39 is 0 Å². The maximum absolute atomic E-state index is 12.1. The van der Waals surface area contributed by atoms with Gasteiger partial charge in [0.1, 0.15) is 6.61 Å². The number of carbonyl (C=O) groups excluding carboxylic acids is 2. The Morgan fingerprint density at radius 3 is 2.38 bits per heavy atom. The molecule has 0 radical (unpaired) electrons. The lowest BCUT2D eigenvalue weighted by Gasteiger charge is -2.11. The van der Waals surface area contributed by atoms with Crippen molar-refractivity contribution in [3.05, 3.63) is 89.5 Å². The first-order chi connectivity index (χ1) is 16.5. The molecule has 176 valence electrons. The van der Waals surface area contributed by atoms with Crippen molar-refractivity contribution in [2.75, 3.05) is 33.1 Å². The molecule has 0 saturated heterocycles. The summed E-state index contributed by atoms with van der Waals surface area (Å²) >= 11 is 0. The molecule has 0 bridgehead atoms. The SMILES string of the molecule is COc1cc(/C=N/OCC(=O)Nc2ccc(C(=O)N(C)C)cc2)ccc1OCc1ccccc1. The third kappa shape index (κ3) is 7.09. The van der Waals surface area contributed by atoms with Crippen LogP contribution in [0.2, 0.25) is 0 Å². The van der Waals surface area contributed by atoms with Crippen LogP contribution in [-0.2, 0) is 16.2 Å². The molecule has 0 aliphatic rings. The molecule has 8 heteroatoms. The number of oxime groups is 1. The van der Waals surface area contributed by atoms with Crippen molar-refractivity contribution in [2.45, 2.75) is 6.61 Å². The number of hydrogen-bond donors (Lipinski definition) is 1. The van der Waals surface area contributed by atoms with Crippen LogP contribution in [0.25, 0.3) is 0 Å². The van der Waals surface area contributed by atoms with Crippen LogP contribution in [0.4, 0.5) is 5.69 Å². The first kappa shape index (κ1) is 24.3. The van der Waals surface area contributed by atoms with E-state index in [4.69, 9.17) is 14.3 Å². The third-order valence-electron chi connectivity index (χ3n) is 4.72. The van der Waals surface area contributed by atoms with E-state index in [1.54, 1.807) is 57.6 Å². The minimum atomic E-state index is -0.369. The molecule has 3 aromatic carbocycles. The van der Waals surface area contributed by atoms with Gasteiger partial charge in [-0.05, 0) is 48.0 Å². The van der Waals surface area contributed by atoms with Gasteiger partial charge in [-0.2, -0.15) is 0 Å². The molecule has 0 spiro atoms. The summed E-state index contributed by atoms with van der Waals surface area (Å²) in [5, 5.41) is 6.54. The largest absolute Gasteiger partial charge is 0.493 e. The molecule has 1 N–H and O–H groups in total. The molecule has 0 aromatic heterocycles. The number of rotatable bonds is 10. The number of hydrogen-bond acceptors (Lipinski definition) is 6. The van der Waals surface area contributed by atoms with E-state index in [0.29, 0.717) is 29.4 Å². The van der Waals surface area contributed by atoms with Crippen LogP contribution in [0.5, 0.6) is 11.5 Å². The van der Waals surface area contributed by atoms with Gasteiger partial charge in [0, 0.05) is 30.9 Å². The average Bonchev–Trinajstić information content (AvgIpc) is 2.86. The Morgan fingerprint density at radius 2 is 1.71 bits per heavy atom. The van der Waals surface area contributed by atoms with Crippen LogP contribution in [0.1, 0.15) is 21.5 Å². The maximum Gasteiger partial charge on any atom is 0.265 e. The van der Waals surface area contributed by atoms with Gasteiger partial charge in [-0.15, -0.1) is 0 Å². The predicted molar refractivity (Wildman–Crippen MR) is 130 cm³/mol. The molecule has 0 heterocycles. The molecule has 0 unspecified atom stereocenters. The van der Waals surface area contributed by atoms with E-state index in [-0.39, 0.29) is 18.4 Å². The second-order valence-electron chi connectivity index (χ2n) is 7.52. The van der Waals surface area contributed by atoms with E-state index in [9.17, 15) is 9.59 Å². The summed E-state index contributed by atoms with van der Waals surface area (Å²) in [7, 11) is 4.93. The molecular weight excluding hydrogens is 434 g/mol. The Balaban J connectivity index is 1.48. The molecule has 8 nitrogen and oxygen atoms in total. The molecular formula is C26H27N3O5. The highest BCUT2D eigenvalue weighted by atomic mass is 16.6.